The number of fused-ring (bicyclic) bond motifs is 3. The van der Waals surface area contributed by atoms with Crippen LogP contribution in [0.1, 0.15) is 23.5 Å². The molecule has 1 saturated carbocycles. The van der Waals surface area contributed by atoms with Crippen LogP contribution in [0.5, 0.6) is 0 Å². The minimum absolute atomic E-state index is 0.671. The van der Waals surface area contributed by atoms with Crippen LogP contribution in [0.25, 0.3) is 0 Å². The van der Waals surface area contributed by atoms with Crippen molar-refractivity contribution in [2.75, 3.05) is 5.73 Å². The molecule has 1 aromatic heterocycles. The highest BCUT2D eigenvalue weighted by Crippen LogP contribution is 2.55. The first-order valence-corrected chi connectivity index (χ1v) is 4.09. The van der Waals surface area contributed by atoms with Crippen LogP contribution in [0.4, 0.5) is 5.82 Å². The molecule has 2 heteroatoms. The van der Waals surface area contributed by atoms with E-state index in [2.05, 4.69) is 4.98 Å². The molecule has 1 fully saturated rings. The van der Waals surface area contributed by atoms with Crippen molar-refractivity contribution in [1.82, 2.24) is 4.98 Å². The van der Waals surface area contributed by atoms with E-state index in [0.29, 0.717) is 5.82 Å². The monoisotopic (exact) mass is 146 g/mol. The van der Waals surface area contributed by atoms with Crippen molar-refractivity contribution in [3.8, 4) is 0 Å². The van der Waals surface area contributed by atoms with Crippen LogP contribution in [-0.4, -0.2) is 4.98 Å². The van der Waals surface area contributed by atoms with Gasteiger partial charge >= 0.3 is 0 Å². The maximum atomic E-state index is 5.58. The second-order valence-corrected chi connectivity index (χ2v) is 3.61. The zero-order valence-electron chi connectivity index (χ0n) is 6.25. The van der Waals surface area contributed by atoms with E-state index in [1.54, 1.807) is 0 Å². The molecule has 1 heterocycles. The average molecular weight is 146 g/mol. The Morgan fingerprint density at radius 3 is 3.36 bits per heavy atom. The Hall–Kier alpha value is -1.05. The van der Waals surface area contributed by atoms with Gasteiger partial charge in [-0.3, -0.25) is 0 Å². The lowest BCUT2D eigenvalue weighted by Crippen LogP contribution is -1.94. The summed E-state index contributed by atoms with van der Waals surface area (Å²) in [5.74, 6) is 2.46. The fourth-order valence-electron chi connectivity index (χ4n) is 2.17. The second-order valence-electron chi connectivity index (χ2n) is 3.61. The molecule has 0 amide bonds. The Morgan fingerprint density at radius 2 is 2.45 bits per heavy atom. The van der Waals surface area contributed by atoms with Crippen molar-refractivity contribution in [3.63, 3.8) is 0 Å². The summed E-state index contributed by atoms with van der Waals surface area (Å²) in [6, 6.07) is 2.03. The molecule has 0 spiro atoms. The molecule has 11 heavy (non-hydrogen) atoms. The molecule has 0 saturated heterocycles. The molecule has 2 N–H and O–H groups in total. The number of nitrogen functional groups attached to an aromatic ring is 1. The summed E-state index contributed by atoms with van der Waals surface area (Å²) in [4.78, 5) is 4.11. The molecule has 0 radical (unpaired) electrons. The number of hydrogen-bond acceptors (Lipinski definition) is 2. The Kier molecular flexibility index (Phi) is 0.799. The van der Waals surface area contributed by atoms with Crippen molar-refractivity contribution >= 4 is 5.82 Å². The first-order chi connectivity index (χ1) is 5.34. The van der Waals surface area contributed by atoms with E-state index in [1.165, 1.54) is 24.0 Å². The topological polar surface area (TPSA) is 38.9 Å². The minimum atomic E-state index is 0.671. The van der Waals surface area contributed by atoms with Gasteiger partial charge in [0.05, 0.1) is 0 Å². The highest BCUT2D eigenvalue weighted by Gasteiger charge is 2.45. The fourth-order valence-corrected chi connectivity index (χ4v) is 2.17. The van der Waals surface area contributed by atoms with Crippen LogP contribution in [-0.2, 0) is 6.42 Å². The Bertz CT molecular complexity index is 319. The zero-order chi connectivity index (χ0) is 7.42. The number of aromatic nitrogens is 1. The number of nitrogens with two attached hydrogens (primary N) is 1. The van der Waals surface area contributed by atoms with Crippen molar-refractivity contribution in [1.29, 1.82) is 0 Å². The fraction of sp³-hybridized carbons (Fsp3) is 0.444. The van der Waals surface area contributed by atoms with Crippen molar-refractivity contribution in [3.05, 3.63) is 23.4 Å². The first-order valence-electron chi connectivity index (χ1n) is 4.09. The highest BCUT2D eigenvalue weighted by molar-refractivity contribution is 5.45. The molecule has 2 aliphatic rings. The van der Waals surface area contributed by atoms with Crippen molar-refractivity contribution in [2.24, 2.45) is 5.92 Å². The SMILES string of the molecule is Nc1cc2c(cn1)[C@@H]1C[C@@H]1C2. The van der Waals surface area contributed by atoms with Crippen molar-refractivity contribution in [2.45, 2.75) is 18.8 Å². The van der Waals surface area contributed by atoms with E-state index >= 15 is 0 Å². The maximum Gasteiger partial charge on any atom is 0.123 e. The van der Waals surface area contributed by atoms with E-state index < -0.39 is 0 Å². The molecule has 2 atom stereocenters. The van der Waals surface area contributed by atoms with Crippen LogP contribution in [0.3, 0.4) is 0 Å². The molecule has 2 nitrogen and oxygen atoms in total. The van der Waals surface area contributed by atoms with Crippen LogP contribution >= 0.6 is 0 Å². The van der Waals surface area contributed by atoms with Gasteiger partial charge in [-0.1, -0.05) is 0 Å². The van der Waals surface area contributed by atoms with E-state index in [9.17, 15) is 0 Å². The van der Waals surface area contributed by atoms with Crippen LogP contribution in [0.15, 0.2) is 12.3 Å². The lowest BCUT2D eigenvalue weighted by Gasteiger charge is -2.01. The summed E-state index contributed by atoms with van der Waals surface area (Å²) in [6.07, 6.45) is 4.59. The van der Waals surface area contributed by atoms with E-state index in [-0.39, 0.29) is 0 Å². The lowest BCUT2D eigenvalue weighted by molar-refractivity contribution is 0.857. The molecular weight excluding hydrogens is 136 g/mol. The van der Waals surface area contributed by atoms with Crippen LogP contribution in [0.2, 0.25) is 0 Å². The van der Waals surface area contributed by atoms with Gasteiger partial charge in [-0.15, -0.1) is 0 Å². The molecular formula is C9H10N2. The number of rotatable bonds is 0. The van der Waals surface area contributed by atoms with Gasteiger partial charge in [-0.05, 0) is 41.9 Å². The van der Waals surface area contributed by atoms with Gasteiger partial charge in [-0.25, -0.2) is 4.98 Å². The summed E-state index contributed by atoms with van der Waals surface area (Å²) in [5, 5.41) is 0. The van der Waals surface area contributed by atoms with E-state index in [1.807, 2.05) is 12.3 Å². The van der Waals surface area contributed by atoms with Gasteiger partial charge in [0.2, 0.25) is 0 Å². The summed E-state index contributed by atoms with van der Waals surface area (Å²) in [5.41, 5.74) is 8.49. The second kappa shape index (κ2) is 1.58. The number of hydrogen-bond donors (Lipinski definition) is 1. The number of pyridine rings is 1. The highest BCUT2D eigenvalue weighted by atomic mass is 14.8. The normalized spacial score (nSPS) is 31.3. The molecule has 0 aromatic carbocycles. The number of nitrogens with zero attached hydrogens (tertiary/aromatic N) is 1. The smallest absolute Gasteiger partial charge is 0.123 e. The minimum Gasteiger partial charge on any atom is -0.384 e. The van der Waals surface area contributed by atoms with Crippen molar-refractivity contribution < 1.29 is 0 Å². The van der Waals surface area contributed by atoms with E-state index in [0.717, 1.165) is 11.8 Å². The molecule has 3 rings (SSSR count). The zero-order valence-corrected chi connectivity index (χ0v) is 6.25. The summed E-state index contributed by atoms with van der Waals surface area (Å²) < 4.78 is 0. The first kappa shape index (κ1) is 5.58. The third-order valence-corrected chi connectivity index (χ3v) is 2.85. The lowest BCUT2D eigenvalue weighted by atomic mass is 10.1. The molecule has 0 unspecified atom stereocenters. The van der Waals surface area contributed by atoms with Crippen LogP contribution < -0.4 is 5.73 Å². The standard InChI is InChI=1S/C9H10N2/c10-9-3-6-1-5-2-7(5)8(6)4-11-9/h3-5,7H,1-2H2,(H2,10,11)/t5-,7+/m0/s1. The average Bonchev–Trinajstić information content (AvgIpc) is 2.63. The predicted molar refractivity (Wildman–Crippen MR) is 43.2 cm³/mol. The summed E-state index contributed by atoms with van der Waals surface area (Å²) >= 11 is 0. The quantitative estimate of drug-likeness (QED) is 0.599. The van der Waals surface area contributed by atoms with Gasteiger partial charge in [0.25, 0.3) is 0 Å². The summed E-state index contributed by atoms with van der Waals surface area (Å²) in [6.45, 7) is 0. The molecule has 0 bridgehead atoms. The molecule has 0 aliphatic heterocycles. The summed E-state index contributed by atoms with van der Waals surface area (Å²) in [7, 11) is 0. The van der Waals surface area contributed by atoms with Gasteiger partial charge in [0.15, 0.2) is 0 Å². The van der Waals surface area contributed by atoms with E-state index in [4.69, 9.17) is 5.73 Å². The Morgan fingerprint density at radius 1 is 1.55 bits per heavy atom. The third-order valence-electron chi connectivity index (χ3n) is 2.85. The molecule has 2 aliphatic carbocycles. The Labute approximate surface area is 65.4 Å². The Balaban J connectivity index is 2.18. The largest absolute Gasteiger partial charge is 0.384 e. The maximum absolute atomic E-state index is 5.58. The van der Waals surface area contributed by atoms with Gasteiger partial charge in [0, 0.05) is 6.20 Å². The van der Waals surface area contributed by atoms with Crippen LogP contribution in [0, 0.1) is 5.92 Å². The molecule has 1 aromatic rings. The number of anilines is 1. The van der Waals surface area contributed by atoms with Gasteiger partial charge in [-0.2, -0.15) is 0 Å². The van der Waals surface area contributed by atoms with Gasteiger partial charge < -0.3 is 5.73 Å². The third kappa shape index (κ3) is 0.642. The predicted octanol–water partition coefficient (Wildman–Crippen LogP) is 1.32. The molecule has 56 valence electrons. The van der Waals surface area contributed by atoms with Gasteiger partial charge in [0.1, 0.15) is 5.82 Å².